The molecule has 0 radical (unpaired) electrons. The predicted molar refractivity (Wildman–Crippen MR) is 55.6 cm³/mol. The number of hydrogen-bond acceptors (Lipinski definition) is 1. The fourth-order valence-corrected chi connectivity index (χ4v) is 1.86. The van der Waals surface area contributed by atoms with Gasteiger partial charge < -0.3 is 4.90 Å². The summed E-state index contributed by atoms with van der Waals surface area (Å²) >= 11 is 0. The van der Waals surface area contributed by atoms with Crippen LogP contribution in [0, 0.1) is 5.92 Å². The van der Waals surface area contributed by atoms with E-state index in [-0.39, 0.29) is 5.92 Å². The second-order valence-corrected chi connectivity index (χ2v) is 3.94. The largest absolute Gasteiger partial charge is 0.338 e. The third-order valence-corrected chi connectivity index (χ3v) is 2.78. The first kappa shape index (κ1) is 9.25. The minimum absolute atomic E-state index is 0.221. The van der Waals surface area contributed by atoms with Crippen molar-refractivity contribution in [1.82, 2.24) is 4.90 Å². The van der Waals surface area contributed by atoms with Crippen LogP contribution >= 0.6 is 0 Å². The van der Waals surface area contributed by atoms with Crippen LogP contribution in [-0.2, 0) is 11.3 Å². The Kier molecular flexibility index (Phi) is 2.53. The number of nitrogens with zero attached hydrogens (tertiary/aromatic N) is 1. The van der Waals surface area contributed by atoms with Gasteiger partial charge in [0.2, 0.25) is 5.91 Å². The van der Waals surface area contributed by atoms with Crippen LogP contribution in [0.2, 0.25) is 0 Å². The molecule has 14 heavy (non-hydrogen) atoms. The Bertz CT molecular complexity index is 320. The zero-order valence-electron chi connectivity index (χ0n) is 8.44. The van der Waals surface area contributed by atoms with Crippen LogP contribution in [0.15, 0.2) is 30.3 Å². The molecular weight excluding hydrogens is 174 g/mol. The zero-order valence-corrected chi connectivity index (χ0v) is 8.44. The molecule has 1 saturated heterocycles. The highest BCUT2D eigenvalue weighted by Gasteiger charge is 2.27. The van der Waals surface area contributed by atoms with Gasteiger partial charge in [-0.05, 0) is 12.0 Å². The van der Waals surface area contributed by atoms with E-state index in [0.29, 0.717) is 5.91 Å². The third-order valence-electron chi connectivity index (χ3n) is 2.78. The lowest BCUT2D eigenvalue weighted by Crippen LogP contribution is -2.25. The second-order valence-electron chi connectivity index (χ2n) is 3.94. The van der Waals surface area contributed by atoms with Crippen LogP contribution in [0.5, 0.6) is 0 Å². The van der Waals surface area contributed by atoms with E-state index in [1.165, 1.54) is 5.56 Å². The van der Waals surface area contributed by atoms with Gasteiger partial charge in [0.05, 0.1) is 0 Å². The molecular formula is C12H15NO. The maximum Gasteiger partial charge on any atom is 0.225 e. The molecule has 0 N–H and O–H groups in total. The summed E-state index contributed by atoms with van der Waals surface area (Å²) in [5, 5.41) is 0. The molecule has 2 nitrogen and oxygen atoms in total. The minimum atomic E-state index is 0.221. The summed E-state index contributed by atoms with van der Waals surface area (Å²) in [4.78, 5) is 13.6. The summed E-state index contributed by atoms with van der Waals surface area (Å²) in [5.74, 6) is 0.521. The van der Waals surface area contributed by atoms with Gasteiger partial charge in [-0.3, -0.25) is 4.79 Å². The van der Waals surface area contributed by atoms with Gasteiger partial charge in [-0.25, -0.2) is 0 Å². The lowest BCUT2D eigenvalue weighted by atomic mass is 10.1. The van der Waals surface area contributed by atoms with Gasteiger partial charge in [0, 0.05) is 19.0 Å². The average molecular weight is 189 g/mol. The maximum atomic E-state index is 11.6. The molecule has 0 aromatic heterocycles. The zero-order chi connectivity index (χ0) is 9.97. The minimum Gasteiger partial charge on any atom is -0.338 e. The van der Waals surface area contributed by atoms with Gasteiger partial charge in [-0.15, -0.1) is 0 Å². The molecule has 1 aliphatic heterocycles. The molecule has 1 aromatic rings. The molecule has 0 saturated carbocycles. The fraction of sp³-hybridized carbons (Fsp3) is 0.417. The molecule has 0 spiro atoms. The summed E-state index contributed by atoms with van der Waals surface area (Å²) in [6.45, 7) is 3.69. The van der Waals surface area contributed by atoms with E-state index in [1.807, 2.05) is 30.0 Å². The van der Waals surface area contributed by atoms with Crippen molar-refractivity contribution >= 4 is 5.91 Å². The number of amides is 1. The van der Waals surface area contributed by atoms with Gasteiger partial charge in [-0.2, -0.15) is 0 Å². The molecule has 1 amide bonds. The van der Waals surface area contributed by atoms with E-state index in [1.54, 1.807) is 0 Å². The van der Waals surface area contributed by atoms with Crippen molar-refractivity contribution in [3.05, 3.63) is 35.9 Å². The van der Waals surface area contributed by atoms with Crippen molar-refractivity contribution in [3.8, 4) is 0 Å². The Labute approximate surface area is 84.5 Å². The van der Waals surface area contributed by atoms with E-state index in [0.717, 1.165) is 19.5 Å². The van der Waals surface area contributed by atoms with E-state index < -0.39 is 0 Å². The van der Waals surface area contributed by atoms with Gasteiger partial charge in [0.1, 0.15) is 0 Å². The normalized spacial score (nSPS) is 21.6. The second kappa shape index (κ2) is 3.82. The van der Waals surface area contributed by atoms with E-state index in [4.69, 9.17) is 0 Å². The van der Waals surface area contributed by atoms with Gasteiger partial charge in [0.25, 0.3) is 0 Å². The van der Waals surface area contributed by atoms with Crippen molar-refractivity contribution in [2.75, 3.05) is 6.54 Å². The molecule has 1 aromatic carbocycles. The Morgan fingerprint density at radius 1 is 1.36 bits per heavy atom. The SMILES string of the molecule is CC1CCN(Cc2ccccc2)C1=O. The number of rotatable bonds is 2. The number of likely N-dealkylation sites (tertiary alicyclic amines) is 1. The summed E-state index contributed by atoms with van der Waals surface area (Å²) < 4.78 is 0. The highest BCUT2D eigenvalue weighted by molar-refractivity contribution is 5.80. The molecule has 74 valence electrons. The molecule has 1 atom stereocenters. The summed E-state index contributed by atoms with van der Waals surface area (Å²) in [6, 6.07) is 10.2. The average Bonchev–Trinajstić information content (AvgIpc) is 2.52. The van der Waals surface area contributed by atoms with Crippen molar-refractivity contribution in [1.29, 1.82) is 0 Å². The first-order chi connectivity index (χ1) is 6.77. The number of carbonyl (C=O) groups is 1. The molecule has 1 heterocycles. The molecule has 1 aliphatic rings. The van der Waals surface area contributed by atoms with Crippen molar-refractivity contribution in [3.63, 3.8) is 0 Å². The quantitative estimate of drug-likeness (QED) is 0.697. The van der Waals surface area contributed by atoms with E-state index in [9.17, 15) is 4.79 Å². The topological polar surface area (TPSA) is 20.3 Å². The lowest BCUT2D eigenvalue weighted by molar-refractivity contribution is -0.131. The fourth-order valence-electron chi connectivity index (χ4n) is 1.86. The predicted octanol–water partition coefficient (Wildman–Crippen LogP) is 2.05. The van der Waals surface area contributed by atoms with Crippen LogP contribution in [0.4, 0.5) is 0 Å². The molecule has 0 aliphatic carbocycles. The van der Waals surface area contributed by atoms with Gasteiger partial charge >= 0.3 is 0 Å². The van der Waals surface area contributed by atoms with Gasteiger partial charge in [-0.1, -0.05) is 37.3 Å². The Morgan fingerprint density at radius 3 is 2.64 bits per heavy atom. The summed E-state index contributed by atoms with van der Waals surface area (Å²) in [5.41, 5.74) is 1.22. The summed E-state index contributed by atoms with van der Waals surface area (Å²) in [7, 11) is 0. The van der Waals surface area contributed by atoms with Crippen LogP contribution in [-0.4, -0.2) is 17.4 Å². The molecule has 2 rings (SSSR count). The number of hydrogen-bond donors (Lipinski definition) is 0. The van der Waals surface area contributed by atoms with Crippen molar-refractivity contribution in [2.24, 2.45) is 5.92 Å². The molecule has 0 bridgehead atoms. The number of carbonyl (C=O) groups excluding carboxylic acids is 1. The first-order valence-electron chi connectivity index (χ1n) is 5.10. The molecule has 1 fully saturated rings. The van der Waals surface area contributed by atoms with E-state index in [2.05, 4.69) is 12.1 Å². The highest BCUT2D eigenvalue weighted by atomic mass is 16.2. The number of benzene rings is 1. The lowest BCUT2D eigenvalue weighted by Gasteiger charge is -2.15. The van der Waals surface area contributed by atoms with Crippen LogP contribution < -0.4 is 0 Å². The van der Waals surface area contributed by atoms with Crippen molar-refractivity contribution in [2.45, 2.75) is 19.9 Å². The Balaban J connectivity index is 2.02. The molecule has 1 unspecified atom stereocenters. The van der Waals surface area contributed by atoms with Crippen molar-refractivity contribution < 1.29 is 4.79 Å². The third kappa shape index (κ3) is 1.79. The first-order valence-corrected chi connectivity index (χ1v) is 5.10. The summed E-state index contributed by atoms with van der Waals surface area (Å²) in [6.07, 6.45) is 1.01. The van der Waals surface area contributed by atoms with Crippen LogP contribution in [0.3, 0.4) is 0 Å². The molecule has 2 heteroatoms. The van der Waals surface area contributed by atoms with Gasteiger partial charge in [0.15, 0.2) is 0 Å². The van der Waals surface area contributed by atoms with E-state index >= 15 is 0 Å². The van der Waals surface area contributed by atoms with Crippen LogP contribution in [0.25, 0.3) is 0 Å². The maximum absolute atomic E-state index is 11.6. The monoisotopic (exact) mass is 189 g/mol. The highest BCUT2D eigenvalue weighted by Crippen LogP contribution is 2.19. The Hall–Kier alpha value is -1.31. The smallest absolute Gasteiger partial charge is 0.225 e. The standard InChI is InChI=1S/C12H15NO/c1-10-7-8-13(12(10)14)9-11-5-3-2-4-6-11/h2-6,10H,7-9H2,1H3. The Morgan fingerprint density at radius 2 is 2.07 bits per heavy atom. The van der Waals surface area contributed by atoms with Crippen LogP contribution in [0.1, 0.15) is 18.9 Å².